The molecule has 0 spiro atoms. The summed E-state index contributed by atoms with van der Waals surface area (Å²) in [5, 5.41) is 2.82. The Hall–Kier alpha value is -3.09. The molecule has 0 aliphatic rings. The number of ketones is 1. The van der Waals surface area contributed by atoms with Gasteiger partial charge in [0.2, 0.25) is 0 Å². The van der Waals surface area contributed by atoms with Crippen molar-refractivity contribution in [2.24, 2.45) is 0 Å². The van der Waals surface area contributed by atoms with E-state index in [2.05, 4.69) is 5.32 Å². The molecular formula is C22H29N3O4. The number of nitrogens with one attached hydrogen (secondary N) is 1. The molecule has 0 fully saturated rings. The first kappa shape index (κ1) is 22.2. The zero-order valence-electron chi connectivity index (χ0n) is 17.7. The summed E-state index contributed by atoms with van der Waals surface area (Å²) >= 11 is 0. The zero-order valence-corrected chi connectivity index (χ0v) is 17.7. The van der Waals surface area contributed by atoms with Crippen molar-refractivity contribution in [3.05, 3.63) is 52.8 Å². The van der Waals surface area contributed by atoms with Crippen molar-refractivity contribution >= 4 is 23.5 Å². The lowest BCUT2D eigenvalue weighted by Crippen LogP contribution is -2.39. The largest absolute Gasteiger partial charge is 0.464 e. The van der Waals surface area contributed by atoms with E-state index in [4.69, 9.17) is 4.74 Å². The highest BCUT2D eigenvalue weighted by atomic mass is 16.5. The Morgan fingerprint density at radius 2 is 1.76 bits per heavy atom. The summed E-state index contributed by atoms with van der Waals surface area (Å²) in [6, 6.07) is 8.79. The van der Waals surface area contributed by atoms with Gasteiger partial charge >= 0.3 is 12.0 Å². The SMILES string of the molecule is CCCN(CC(=O)c1c(C)c(C(=O)OC)n(CC)c1C)C(=O)Nc1ccccc1. The van der Waals surface area contributed by atoms with Crippen molar-refractivity contribution in [1.82, 2.24) is 9.47 Å². The second-order valence-corrected chi connectivity index (χ2v) is 6.81. The Kier molecular flexibility index (Phi) is 7.59. The van der Waals surface area contributed by atoms with Gasteiger partial charge in [-0.15, -0.1) is 0 Å². The summed E-state index contributed by atoms with van der Waals surface area (Å²) in [6.07, 6.45) is 0.719. The van der Waals surface area contributed by atoms with E-state index in [1.54, 1.807) is 23.6 Å². The summed E-state index contributed by atoms with van der Waals surface area (Å²) in [6.45, 7) is 8.33. The average molecular weight is 399 g/mol. The van der Waals surface area contributed by atoms with Gasteiger partial charge in [-0.3, -0.25) is 4.79 Å². The van der Waals surface area contributed by atoms with Crippen molar-refractivity contribution in [3.8, 4) is 0 Å². The highest BCUT2D eigenvalue weighted by Gasteiger charge is 2.28. The van der Waals surface area contributed by atoms with Gasteiger partial charge in [0.25, 0.3) is 0 Å². The number of esters is 1. The molecule has 0 atom stereocenters. The molecule has 0 bridgehead atoms. The summed E-state index contributed by atoms with van der Waals surface area (Å²) < 4.78 is 6.67. The van der Waals surface area contributed by atoms with E-state index in [1.165, 1.54) is 12.0 Å². The van der Waals surface area contributed by atoms with E-state index < -0.39 is 5.97 Å². The molecule has 1 N–H and O–H groups in total. The predicted octanol–water partition coefficient (Wildman–Crippen LogP) is 4.04. The predicted molar refractivity (Wildman–Crippen MR) is 113 cm³/mol. The van der Waals surface area contributed by atoms with Crippen LogP contribution in [0.3, 0.4) is 0 Å². The van der Waals surface area contributed by atoms with Crippen LogP contribution in [0.2, 0.25) is 0 Å². The first-order valence-electron chi connectivity index (χ1n) is 9.77. The molecule has 0 aliphatic carbocycles. The van der Waals surface area contributed by atoms with Crippen molar-refractivity contribution in [3.63, 3.8) is 0 Å². The fourth-order valence-corrected chi connectivity index (χ4v) is 3.56. The number of benzene rings is 1. The number of methoxy groups -OCH3 is 1. The number of ether oxygens (including phenoxy) is 1. The fraction of sp³-hybridized carbons (Fsp3) is 0.409. The number of Topliss-reactive ketones (excluding diaryl/α,β-unsaturated/α-hetero) is 1. The lowest BCUT2D eigenvalue weighted by Gasteiger charge is -2.22. The van der Waals surface area contributed by atoms with Gasteiger partial charge in [0.05, 0.1) is 13.7 Å². The molecule has 2 amide bonds. The molecule has 0 unspecified atom stereocenters. The standard InChI is InChI=1S/C22H29N3O4/c1-6-13-24(22(28)23-17-11-9-8-10-12-17)14-18(26)19-15(3)20(21(27)29-5)25(7-2)16(19)4/h8-12H,6-7,13-14H2,1-5H3,(H,23,28). The third-order valence-electron chi connectivity index (χ3n) is 4.88. The van der Waals surface area contributed by atoms with Crippen LogP contribution in [0.5, 0.6) is 0 Å². The van der Waals surface area contributed by atoms with Gasteiger partial charge in [-0.05, 0) is 44.9 Å². The van der Waals surface area contributed by atoms with Gasteiger partial charge < -0.3 is 19.5 Å². The molecule has 0 saturated heterocycles. The Morgan fingerprint density at radius 1 is 1.10 bits per heavy atom. The summed E-state index contributed by atoms with van der Waals surface area (Å²) in [5.74, 6) is -0.673. The van der Waals surface area contributed by atoms with Crippen LogP contribution in [0.4, 0.5) is 10.5 Å². The Morgan fingerprint density at radius 3 is 2.31 bits per heavy atom. The molecule has 1 aromatic carbocycles. The Bertz CT molecular complexity index is 887. The minimum Gasteiger partial charge on any atom is -0.464 e. The van der Waals surface area contributed by atoms with Gasteiger partial charge in [-0.1, -0.05) is 25.1 Å². The van der Waals surface area contributed by atoms with Crippen LogP contribution in [0.25, 0.3) is 0 Å². The lowest BCUT2D eigenvalue weighted by atomic mass is 10.1. The minimum atomic E-state index is -0.473. The van der Waals surface area contributed by atoms with Crippen molar-refractivity contribution in [1.29, 1.82) is 0 Å². The monoisotopic (exact) mass is 399 g/mol. The third kappa shape index (κ3) is 4.85. The van der Waals surface area contributed by atoms with Crippen LogP contribution in [0.1, 0.15) is 52.4 Å². The van der Waals surface area contributed by atoms with Gasteiger partial charge in [0, 0.05) is 30.0 Å². The van der Waals surface area contributed by atoms with E-state index >= 15 is 0 Å². The maximum atomic E-state index is 13.1. The summed E-state index contributed by atoms with van der Waals surface area (Å²) in [4.78, 5) is 39.5. The number of nitrogens with zero attached hydrogens (tertiary/aromatic N) is 2. The van der Waals surface area contributed by atoms with Crippen LogP contribution in [0, 0.1) is 13.8 Å². The van der Waals surface area contributed by atoms with E-state index in [1.807, 2.05) is 39.0 Å². The van der Waals surface area contributed by atoms with E-state index in [0.717, 1.165) is 6.42 Å². The van der Waals surface area contributed by atoms with Crippen LogP contribution in [-0.2, 0) is 11.3 Å². The normalized spacial score (nSPS) is 10.5. The number of hydrogen-bond donors (Lipinski definition) is 1. The van der Waals surface area contributed by atoms with E-state index in [0.29, 0.717) is 41.3 Å². The molecule has 2 aromatic rings. The second kappa shape index (κ2) is 9.91. The maximum absolute atomic E-state index is 13.1. The molecule has 0 radical (unpaired) electrons. The van der Waals surface area contributed by atoms with Crippen LogP contribution < -0.4 is 5.32 Å². The van der Waals surface area contributed by atoms with Crippen LogP contribution in [-0.4, -0.2) is 47.4 Å². The molecule has 156 valence electrons. The quantitative estimate of drug-likeness (QED) is 0.537. The first-order valence-corrected chi connectivity index (χ1v) is 9.77. The Labute approximate surface area is 171 Å². The summed E-state index contributed by atoms with van der Waals surface area (Å²) in [5.41, 5.74) is 2.81. The molecule has 0 aliphatic heterocycles. The van der Waals surface area contributed by atoms with Gasteiger partial charge in [-0.25, -0.2) is 9.59 Å². The number of amides is 2. The van der Waals surface area contributed by atoms with Crippen LogP contribution in [0.15, 0.2) is 30.3 Å². The number of anilines is 1. The summed E-state index contributed by atoms with van der Waals surface area (Å²) in [7, 11) is 1.32. The molecule has 0 saturated carbocycles. The van der Waals surface area contributed by atoms with Gasteiger partial charge in [0.1, 0.15) is 5.69 Å². The van der Waals surface area contributed by atoms with E-state index in [9.17, 15) is 14.4 Å². The molecule has 7 heteroatoms. The molecular weight excluding hydrogens is 370 g/mol. The minimum absolute atomic E-state index is 0.0669. The Balaban J connectivity index is 2.29. The van der Waals surface area contributed by atoms with Crippen LogP contribution >= 0.6 is 0 Å². The molecule has 2 rings (SSSR count). The van der Waals surface area contributed by atoms with E-state index in [-0.39, 0.29) is 18.4 Å². The number of aromatic nitrogens is 1. The molecule has 1 heterocycles. The zero-order chi connectivity index (χ0) is 21.6. The number of para-hydroxylation sites is 1. The highest BCUT2D eigenvalue weighted by molar-refractivity contribution is 6.05. The molecule has 29 heavy (non-hydrogen) atoms. The van der Waals surface area contributed by atoms with Crippen molar-refractivity contribution in [2.45, 2.75) is 40.7 Å². The fourth-order valence-electron chi connectivity index (χ4n) is 3.56. The number of urea groups is 1. The lowest BCUT2D eigenvalue weighted by molar-refractivity contribution is 0.0587. The maximum Gasteiger partial charge on any atom is 0.354 e. The van der Waals surface area contributed by atoms with Gasteiger partial charge in [-0.2, -0.15) is 0 Å². The first-order chi connectivity index (χ1) is 13.8. The molecule has 7 nitrogen and oxygen atoms in total. The number of rotatable bonds is 8. The highest BCUT2D eigenvalue weighted by Crippen LogP contribution is 2.24. The third-order valence-corrected chi connectivity index (χ3v) is 4.88. The second-order valence-electron chi connectivity index (χ2n) is 6.81. The van der Waals surface area contributed by atoms with Gasteiger partial charge in [0.15, 0.2) is 5.78 Å². The number of hydrogen-bond acceptors (Lipinski definition) is 4. The average Bonchev–Trinajstić information content (AvgIpc) is 2.97. The smallest absolute Gasteiger partial charge is 0.354 e. The number of carbonyl (C=O) groups excluding carboxylic acids is 3. The number of carbonyl (C=O) groups is 3. The van der Waals surface area contributed by atoms with Crippen molar-refractivity contribution < 1.29 is 19.1 Å². The van der Waals surface area contributed by atoms with Crippen molar-refractivity contribution in [2.75, 3.05) is 25.5 Å². The molecule has 1 aromatic heterocycles. The topological polar surface area (TPSA) is 80.6 Å².